The van der Waals surface area contributed by atoms with E-state index in [1.807, 2.05) is 12.1 Å². The maximum atomic E-state index is 14.9. The van der Waals surface area contributed by atoms with Gasteiger partial charge < -0.3 is 19.2 Å². The molecule has 126 valence electrons. The zero-order chi connectivity index (χ0) is 17.1. The lowest BCUT2D eigenvalue weighted by molar-refractivity contribution is 0.291. The van der Waals surface area contributed by atoms with Crippen molar-refractivity contribution in [3.63, 3.8) is 0 Å². The van der Waals surface area contributed by atoms with Crippen LogP contribution in [-0.4, -0.2) is 37.4 Å². The van der Waals surface area contributed by atoms with Crippen LogP contribution in [0, 0.1) is 5.82 Å². The van der Waals surface area contributed by atoms with Gasteiger partial charge in [-0.25, -0.2) is 4.39 Å². The number of nitrogens with zero attached hydrogens (tertiary/aromatic N) is 1. The molecule has 7 heteroatoms. The van der Waals surface area contributed by atoms with Gasteiger partial charge in [0.25, 0.3) is 0 Å². The molecule has 0 spiro atoms. The van der Waals surface area contributed by atoms with Crippen molar-refractivity contribution in [1.29, 1.82) is 0 Å². The number of rotatable bonds is 5. The minimum Gasteiger partial charge on any atom is -0.493 e. The maximum absolute atomic E-state index is 14.9. The Kier molecular flexibility index (Phi) is 5.01. The number of halogens is 1. The van der Waals surface area contributed by atoms with Crippen LogP contribution in [0.25, 0.3) is 11.3 Å². The van der Waals surface area contributed by atoms with E-state index in [9.17, 15) is 9.41 Å². The average molecular weight is 331 g/mol. The van der Waals surface area contributed by atoms with Gasteiger partial charge in [0.05, 0.1) is 19.4 Å². The molecule has 5 nitrogen and oxygen atoms in total. The first kappa shape index (κ1) is 16.7. The first-order valence-electron chi connectivity index (χ1n) is 7.90. The summed E-state index contributed by atoms with van der Waals surface area (Å²) >= 11 is 0. The lowest BCUT2D eigenvalue weighted by Crippen LogP contribution is -2.08. The van der Waals surface area contributed by atoms with Crippen LogP contribution in [0.2, 0.25) is 6.32 Å². The summed E-state index contributed by atoms with van der Waals surface area (Å²) in [5.74, 6) is -0.0536. The molecule has 1 aliphatic heterocycles. The second kappa shape index (κ2) is 7.19. The summed E-state index contributed by atoms with van der Waals surface area (Å²) in [7, 11) is 0.712. The molecule has 1 aromatic carbocycles. The number of ether oxygens (including phenoxy) is 2. The van der Waals surface area contributed by atoms with Gasteiger partial charge in [0.2, 0.25) is 0 Å². The van der Waals surface area contributed by atoms with Crippen LogP contribution in [0.3, 0.4) is 0 Å². The summed E-state index contributed by atoms with van der Waals surface area (Å²) < 4.78 is 30.6. The molecule has 1 N–H and O–H groups in total. The highest BCUT2D eigenvalue weighted by molar-refractivity contribution is 6.43. The van der Waals surface area contributed by atoms with Crippen LogP contribution in [0.4, 0.5) is 4.39 Å². The normalized spacial score (nSPS) is 17.2. The zero-order valence-electron chi connectivity index (χ0n) is 13.7. The fourth-order valence-electron chi connectivity index (χ4n) is 2.82. The summed E-state index contributed by atoms with van der Waals surface area (Å²) in [5, 5.41) is 9.50. The van der Waals surface area contributed by atoms with E-state index in [0.717, 1.165) is 5.69 Å². The van der Waals surface area contributed by atoms with E-state index in [4.69, 9.17) is 14.1 Å². The standard InChI is InChI=1S/C17H19BFNO4/c1-3-23-17-15(22-2)8-7-12(16(17)19)14-6-4-5-13(20-14)11-9-18(21)24-10-11/h4-8,11,21H,3,9-10H2,1-2H3/t11-/m0/s1. The molecule has 0 saturated carbocycles. The van der Waals surface area contributed by atoms with Gasteiger partial charge in [0.1, 0.15) is 0 Å². The summed E-state index contributed by atoms with van der Waals surface area (Å²) in [6.45, 7) is 2.53. The van der Waals surface area contributed by atoms with Crippen molar-refractivity contribution < 1.29 is 23.5 Å². The van der Waals surface area contributed by atoms with Gasteiger partial charge in [0.15, 0.2) is 17.3 Å². The largest absolute Gasteiger partial charge is 0.493 e. The number of hydrogen-bond acceptors (Lipinski definition) is 5. The van der Waals surface area contributed by atoms with Gasteiger partial charge in [-0.2, -0.15) is 0 Å². The summed E-state index contributed by atoms with van der Waals surface area (Å²) in [6, 6.07) is 8.73. The third-order valence-corrected chi connectivity index (χ3v) is 4.01. The van der Waals surface area contributed by atoms with Crippen molar-refractivity contribution >= 4 is 7.12 Å². The van der Waals surface area contributed by atoms with E-state index < -0.39 is 12.9 Å². The van der Waals surface area contributed by atoms with Crippen molar-refractivity contribution in [2.24, 2.45) is 0 Å². The van der Waals surface area contributed by atoms with E-state index in [2.05, 4.69) is 4.98 Å². The molecule has 1 aromatic heterocycles. The van der Waals surface area contributed by atoms with Gasteiger partial charge in [-0.1, -0.05) is 6.07 Å². The van der Waals surface area contributed by atoms with Crippen LogP contribution in [0.1, 0.15) is 18.5 Å². The van der Waals surface area contributed by atoms with Gasteiger partial charge in [-0.3, -0.25) is 4.98 Å². The Labute approximate surface area is 140 Å². The minimum absolute atomic E-state index is 0.00706. The number of benzene rings is 1. The highest BCUT2D eigenvalue weighted by atomic mass is 19.1. The van der Waals surface area contributed by atoms with Crippen molar-refractivity contribution in [2.45, 2.75) is 19.2 Å². The Bertz CT molecular complexity index is 728. The molecule has 0 aliphatic carbocycles. The van der Waals surface area contributed by atoms with Gasteiger partial charge in [-0.05, 0) is 37.5 Å². The minimum atomic E-state index is -0.761. The molecule has 1 fully saturated rings. The number of aromatic nitrogens is 1. The molecule has 0 bridgehead atoms. The van der Waals surface area contributed by atoms with E-state index in [-0.39, 0.29) is 11.7 Å². The predicted octanol–water partition coefficient (Wildman–Crippen LogP) is 2.89. The number of hydrogen-bond donors (Lipinski definition) is 1. The van der Waals surface area contributed by atoms with Crippen LogP contribution in [-0.2, 0) is 4.65 Å². The Balaban J connectivity index is 1.98. The van der Waals surface area contributed by atoms with Crippen LogP contribution in [0.15, 0.2) is 30.3 Å². The van der Waals surface area contributed by atoms with Crippen LogP contribution < -0.4 is 9.47 Å². The Hall–Kier alpha value is -2.12. The highest BCUT2D eigenvalue weighted by Gasteiger charge is 2.30. The predicted molar refractivity (Wildman–Crippen MR) is 88.8 cm³/mol. The molecular weight excluding hydrogens is 312 g/mol. The molecule has 2 aromatic rings. The quantitative estimate of drug-likeness (QED) is 0.854. The second-order valence-corrected chi connectivity index (χ2v) is 5.56. The molecule has 0 amide bonds. The highest BCUT2D eigenvalue weighted by Crippen LogP contribution is 2.37. The van der Waals surface area contributed by atoms with Crippen molar-refractivity contribution in [3.05, 3.63) is 41.8 Å². The third kappa shape index (κ3) is 3.23. The van der Waals surface area contributed by atoms with Gasteiger partial charge in [0, 0.05) is 23.8 Å². The molecular formula is C17H19BFNO4. The topological polar surface area (TPSA) is 60.8 Å². The lowest BCUT2D eigenvalue weighted by Gasteiger charge is -2.14. The Morgan fingerprint density at radius 2 is 2.21 bits per heavy atom. The SMILES string of the molecule is CCOc1c(OC)ccc(-c2cccc([C@@H]3COB(O)C3)n2)c1F. The fourth-order valence-corrected chi connectivity index (χ4v) is 2.82. The first-order chi connectivity index (χ1) is 11.6. The maximum Gasteiger partial charge on any atom is 0.454 e. The van der Waals surface area contributed by atoms with Gasteiger partial charge >= 0.3 is 7.12 Å². The van der Waals surface area contributed by atoms with Gasteiger partial charge in [-0.15, -0.1) is 0 Å². The van der Waals surface area contributed by atoms with Crippen LogP contribution in [0.5, 0.6) is 11.5 Å². The van der Waals surface area contributed by atoms with E-state index in [0.29, 0.717) is 36.5 Å². The average Bonchev–Trinajstić information content (AvgIpc) is 3.03. The van der Waals surface area contributed by atoms with Crippen molar-refractivity contribution in [3.8, 4) is 22.8 Å². The summed E-state index contributed by atoms with van der Waals surface area (Å²) in [4.78, 5) is 4.55. The van der Waals surface area contributed by atoms with Crippen molar-refractivity contribution in [1.82, 2.24) is 4.98 Å². The molecule has 0 unspecified atom stereocenters. The molecule has 24 heavy (non-hydrogen) atoms. The van der Waals surface area contributed by atoms with E-state index in [1.54, 1.807) is 25.1 Å². The molecule has 0 radical (unpaired) electrons. The van der Waals surface area contributed by atoms with E-state index in [1.165, 1.54) is 7.11 Å². The summed E-state index contributed by atoms with van der Waals surface area (Å²) in [6.07, 6.45) is 0.492. The number of pyridine rings is 1. The fraction of sp³-hybridized carbons (Fsp3) is 0.353. The molecule has 1 atom stereocenters. The summed E-state index contributed by atoms with van der Waals surface area (Å²) in [5.41, 5.74) is 1.63. The smallest absolute Gasteiger partial charge is 0.454 e. The Morgan fingerprint density at radius 3 is 2.88 bits per heavy atom. The Morgan fingerprint density at radius 1 is 1.38 bits per heavy atom. The first-order valence-corrected chi connectivity index (χ1v) is 7.90. The second-order valence-electron chi connectivity index (χ2n) is 5.56. The third-order valence-electron chi connectivity index (χ3n) is 4.01. The van der Waals surface area contributed by atoms with Crippen LogP contribution >= 0.6 is 0 Å². The number of methoxy groups -OCH3 is 1. The molecule has 1 saturated heterocycles. The van der Waals surface area contributed by atoms with E-state index >= 15 is 0 Å². The molecule has 3 rings (SSSR count). The molecule has 2 heterocycles. The zero-order valence-corrected chi connectivity index (χ0v) is 13.7. The monoisotopic (exact) mass is 331 g/mol. The lowest BCUT2D eigenvalue weighted by atomic mass is 9.81. The van der Waals surface area contributed by atoms with Crippen molar-refractivity contribution in [2.75, 3.05) is 20.3 Å². The molecule has 1 aliphatic rings.